The molecule has 0 saturated carbocycles. The van der Waals surface area contributed by atoms with Gasteiger partial charge < -0.3 is 5.32 Å². The van der Waals surface area contributed by atoms with E-state index in [1.165, 1.54) is 0 Å². The normalized spacial score (nSPS) is 15.6. The number of nitrogens with zero attached hydrogens (tertiary/aromatic N) is 1. The van der Waals surface area contributed by atoms with Crippen LogP contribution in [0.15, 0.2) is 83.8 Å². The van der Waals surface area contributed by atoms with Crippen molar-refractivity contribution < 1.29 is 18.0 Å². The number of rotatable bonds is 6. The molecule has 1 aliphatic heterocycles. The van der Waals surface area contributed by atoms with Gasteiger partial charge in [-0.2, -0.15) is 0 Å². The number of carbonyl (C=O) groups excluding carboxylic acids is 2. The Labute approximate surface area is 187 Å². The molecule has 1 saturated heterocycles. The number of hydrogen-bond donors (Lipinski definition) is 1. The highest BCUT2D eigenvalue weighted by Gasteiger charge is 2.53. The molecule has 0 aliphatic carbocycles. The molecule has 0 atom stereocenters. The van der Waals surface area contributed by atoms with Crippen LogP contribution in [0.5, 0.6) is 0 Å². The highest BCUT2D eigenvalue weighted by atomic mass is 32.2. The monoisotopic (exact) mass is 448 g/mol. The first-order valence-electron chi connectivity index (χ1n) is 10.3. The first-order chi connectivity index (χ1) is 15.3. The van der Waals surface area contributed by atoms with Crippen LogP contribution in [-0.4, -0.2) is 37.6 Å². The summed E-state index contributed by atoms with van der Waals surface area (Å²) in [7, 11) is -3.69. The molecule has 164 valence electrons. The van der Waals surface area contributed by atoms with Crippen molar-refractivity contribution in [2.24, 2.45) is 0 Å². The van der Waals surface area contributed by atoms with Crippen LogP contribution in [0.1, 0.15) is 22.3 Å². The predicted octanol–water partition coefficient (Wildman–Crippen LogP) is 3.57. The lowest BCUT2D eigenvalue weighted by molar-refractivity contribution is -0.130. The van der Waals surface area contributed by atoms with E-state index in [1.807, 2.05) is 25.1 Å². The maximum Gasteiger partial charge on any atom is 0.325 e. The third-order valence-electron chi connectivity index (χ3n) is 5.78. The number of imide groups is 1. The summed E-state index contributed by atoms with van der Waals surface area (Å²) in [6.45, 7) is 3.32. The fraction of sp³-hybridized carbons (Fsp3) is 0.200. The minimum atomic E-state index is -3.69. The molecule has 0 bridgehead atoms. The van der Waals surface area contributed by atoms with Gasteiger partial charge in [-0.15, -0.1) is 0 Å². The smallest absolute Gasteiger partial charge is 0.315 e. The summed E-state index contributed by atoms with van der Waals surface area (Å²) in [4.78, 5) is 27.8. The second-order valence-corrected chi connectivity index (χ2v) is 10.0. The van der Waals surface area contributed by atoms with Crippen LogP contribution in [0.4, 0.5) is 4.79 Å². The summed E-state index contributed by atoms with van der Waals surface area (Å²) in [5.74, 6) is -0.841. The topological polar surface area (TPSA) is 83.6 Å². The SMILES string of the molecule is Cc1ccc(C)c(S(=O)(=O)CCN2C(=O)NC(c3ccccc3)(c3ccccc3)C2=O)c1. The maximum atomic E-state index is 13.7. The average molecular weight is 449 g/mol. The highest BCUT2D eigenvalue weighted by molar-refractivity contribution is 7.91. The van der Waals surface area contributed by atoms with Crippen molar-refractivity contribution in [1.82, 2.24) is 10.2 Å². The molecule has 7 heteroatoms. The Morgan fingerprint density at radius 2 is 1.41 bits per heavy atom. The zero-order valence-corrected chi connectivity index (χ0v) is 18.7. The fourth-order valence-electron chi connectivity index (χ4n) is 4.08. The van der Waals surface area contributed by atoms with Gasteiger partial charge in [0, 0.05) is 6.54 Å². The van der Waals surface area contributed by atoms with Gasteiger partial charge in [0.2, 0.25) is 0 Å². The molecule has 32 heavy (non-hydrogen) atoms. The number of carbonyl (C=O) groups is 2. The average Bonchev–Trinajstić information content (AvgIpc) is 3.05. The molecular weight excluding hydrogens is 424 g/mol. The van der Waals surface area contributed by atoms with E-state index >= 15 is 0 Å². The summed E-state index contributed by atoms with van der Waals surface area (Å²) in [6, 6.07) is 22.6. The number of nitrogens with one attached hydrogen (secondary N) is 1. The van der Waals surface area contributed by atoms with Gasteiger partial charge in [-0.05, 0) is 42.2 Å². The Morgan fingerprint density at radius 3 is 1.97 bits per heavy atom. The van der Waals surface area contributed by atoms with Crippen molar-refractivity contribution in [3.63, 3.8) is 0 Å². The van der Waals surface area contributed by atoms with E-state index in [4.69, 9.17) is 0 Å². The Morgan fingerprint density at radius 1 is 0.844 bits per heavy atom. The van der Waals surface area contributed by atoms with Gasteiger partial charge in [-0.3, -0.25) is 9.69 Å². The zero-order chi connectivity index (χ0) is 22.9. The van der Waals surface area contributed by atoms with Crippen molar-refractivity contribution in [3.05, 3.63) is 101 Å². The molecule has 3 aromatic carbocycles. The van der Waals surface area contributed by atoms with E-state index in [0.717, 1.165) is 10.5 Å². The lowest BCUT2D eigenvalue weighted by Gasteiger charge is -2.28. The zero-order valence-electron chi connectivity index (χ0n) is 17.9. The third kappa shape index (κ3) is 3.69. The Kier molecular flexibility index (Phi) is 5.60. The second-order valence-electron chi connectivity index (χ2n) is 7.96. The Hall–Kier alpha value is -3.45. The van der Waals surface area contributed by atoms with Gasteiger partial charge in [0.1, 0.15) is 0 Å². The number of hydrogen-bond acceptors (Lipinski definition) is 4. The van der Waals surface area contributed by atoms with Gasteiger partial charge in [0.25, 0.3) is 5.91 Å². The van der Waals surface area contributed by atoms with Gasteiger partial charge >= 0.3 is 6.03 Å². The molecule has 0 radical (unpaired) electrons. The van der Waals surface area contributed by atoms with Crippen LogP contribution >= 0.6 is 0 Å². The first kappa shape index (κ1) is 21.8. The van der Waals surface area contributed by atoms with Gasteiger partial charge in [0.15, 0.2) is 15.4 Å². The van der Waals surface area contributed by atoms with Crippen LogP contribution in [0.2, 0.25) is 0 Å². The molecule has 1 N–H and O–H groups in total. The van der Waals surface area contributed by atoms with Crippen molar-refractivity contribution in [3.8, 4) is 0 Å². The molecule has 1 fully saturated rings. The number of sulfone groups is 1. The molecule has 1 aliphatic rings. The van der Waals surface area contributed by atoms with E-state index in [1.54, 1.807) is 67.6 Å². The third-order valence-corrected chi connectivity index (χ3v) is 7.61. The van der Waals surface area contributed by atoms with Crippen LogP contribution < -0.4 is 5.32 Å². The molecule has 1 heterocycles. The lowest BCUT2D eigenvalue weighted by Crippen LogP contribution is -2.45. The van der Waals surface area contributed by atoms with Crippen LogP contribution in [0.3, 0.4) is 0 Å². The molecule has 4 rings (SSSR count). The van der Waals surface area contributed by atoms with E-state index in [-0.39, 0.29) is 17.2 Å². The van der Waals surface area contributed by atoms with Crippen molar-refractivity contribution in [2.45, 2.75) is 24.3 Å². The number of aryl methyl sites for hydroxylation is 2. The van der Waals surface area contributed by atoms with Crippen LogP contribution in [-0.2, 0) is 20.2 Å². The number of urea groups is 1. The van der Waals surface area contributed by atoms with E-state index in [9.17, 15) is 18.0 Å². The second kappa shape index (κ2) is 8.24. The van der Waals surface area contributed by atoms with Crippen molar-refractivity contribution in [1.29, 1.82) is 0 Å². The van der Waals surface area contributed by atoms with Crippen LogP contribution in [0, 0.1) is 13.8 Å². The summed E-state index contributed by atoms with van der Waals surface area (Å²) in [6.07, 6.45) is 0. The quantitative estimate of drug-likeness (QED) is 0.585. The van der Waals surface area contributed by atoms with Crippen molar-refractivity contribution >= 4 is 21.8 Å². The molecule has 3 amide bonds. The summed E-state index contributed by atoms with van der Waals surface area (Å²) in [5.41, 5.74) is 1.30. The number of amides is 3. The molecule has 0 unspecified atom stereocenters. The Bertz CT molecular complexity index is 1230. The van der Waals surface area contributed by atoms with E-state index in [0.29, 0.717) is 16.7 Å². The standard InChI is InChI=1S/C25H24N2O4S/c1-18-13-14-19(2)22(17-18)32(30,31)16-15-27-23(28)25(26-24(27)29,20-9-5-3-6-10-20)21-11-7-4-8-12-21/h3-14,17H,15-16H2,1-2H3,(H,26,29). The predicted molar refractivity (Wildman–Crippen MR) is 122 cm³/mol. The van der Waals surface area contributed by atoms with E-state index in [2.05, 4.69) is 5.32 Å². The minimum Gasteiger partial charge on any atom is -0.315 e. The molecule has 3 aromatic rings. The van der Waals surface area contributed by atoms with Crippen molar-refractivity contribution in [2.75, 3.05) is 12.3 Å². The van der Waals surface area contributed by atoms with Gasteiger partial charge in [0.05, 0.1) is 10.6 Å². The maximum absolute atomic E-state index is 13.7. The first-order valence-corrected chi connectivity index (χ1v) is 12.0. The molecular formula is C25H24N2O4S. The lowest BCUT2D eigenvalue weighted by atomic mass is 9.82. The highest BCUT2D eigenvalue weighted by Crippen LogP contribution is 2.36. The Balaban J connectivity index is 1.68. The van der Waals surface area contributed by atoms with Gasteiger partial charge in [-0.1, -0.05) is 72.8 Å². The molecule has 0 spiro atoms. The van der Waals surface area contributed by atoms with E-state index < -0.39 is 27.3 Å². The largest absolute Gasteiger partial charge is 0.325 e. The summed E-state index contributed by atoms with van der Waals surface area (Å²) >= 11 is 0. The summed E-state index contributed by atoms with van der Waals surface area (Å²) in [5, 5.41) is 2.84. The fourth-order valence-corrected chi connectivity index (χ4v) is 5.64. The van der Waals surface area contributed by atoms with Crippen LogP contribution in [0.25, 0.3) is 0 Å². The number of benzene rings is 3. The molecule has 0 aromatic heterocycles. The summed E-state index contributed by atoms with van der Waals surface area (Å²) < 4.78 is 26.0. The minimum absolute atomic E-state index is 0.224. The molecule has 6 nitrogen and oxygen atoms in total. The van der Waals surface area contributed by atoms with Gasteiger partial charge in [-0.25, -0.2) is 13.2 Å².